The summed E-state index contributed by atoms with van der Waals surface area (Å²) in [5.41, 5.74) is 2.52. The normalized spacial score (nSPS) is 11.5. The molecular weight excluding hydrogens is 374 g/mol. The number of hydrogen-bond donors (Lipinski definition) is 1. The smallest absolute Gasteiger partial charge is 0.292 e. The summed E-state index contributed by atoms with van der Waals surface area (Å²) in [5.74, 6) is 0.740. The molecule has 3 rings (SSSR count). The Morgan fingerprint density at radius 1 is 1.12 bits per heavy atom. The van der Waals surface area contributed by atoms with Crippen LogP contribution in [0.5, 0.6) is 5.95 Å². The van der Waals surface area contributed by atoms with Crippen molar-refractivity contribution in [3.8, 4) is 17.1 Å². The highest BCUT2D eigenvalue weighted by Gasteiger charge is 2.18. The molecule has 0 saturated heterocycles. The molecule has 26 heavy (non-hydrogen) atoms. The maximum absolute atomic E-state index is 12.4. The zero-order chi connectivity index (χ0) is 18.7. The van der Waals surface area contributed by atoms with Crippen molar-refractivity contribution in [2.24, 2.45) is 0 Å². The first-order valence-corrected chi connectivity index (χ1v) is 9.74. The Labute approximate surface area is 157 Å². The fourth-order valence-corrected chi connectivity index (χ4v) is 3.67. The van der Waals surface area contributed by atoms with Crippen LogP contribution in [0, 0.1) is 6.92 Å². The van der Waals surface area contributed by atoms with Crippen molar-refractivity contribution in [3.63, 3.8) is 0 Å². The van der Waals surface area contributed by atoms with E-state index in [1.54, 1.807) is 42.5 Å². The monoisotopic (exact) mass is 391 g/mol. The molecule has 0 fully saturated rings. The first-order valence-electron chi connectivity index (χ1n) is 7.88. The zero-order valence-electron chi connectivity index (χ0n) is 14.3. The van der Waals surface area contributed by atoms with Gasteiger partial charge < -0.3 is 9.15 Å². The van der Waals surface area contributed by atoms with Gasteiger partial charge in [0.25, 0.3) is 5.95 Å². The summed E-state index contributed by atoms with van der Waals surface area (Å²) < 4.78 is 38.2. The number of hydrogen-bond acceptors (Lipinski definition) is 4. The van der Waals surface area contributed by atoms with Gasteiger partial charge in [0.15, 0.2) is 0 Å². The Bertz CT molecular complexity index is 1010. The van der Waals surface area contributed by atoms with E-state index in [4.69, 9.17) is 20.8 Å². The van der Waals surface area contributed by atoms with E-state index in [1.807, 2.05) is 19.1 Å². The number of rotatable bonds is 6. The maximum atomic E-state index is 12.4. The molecule has 0 radical (unpaired) electrons. The molecule has 0 atom stereocenters. The predicted octanol–water partition coefficient (Wildman–Crippen LogP) is 4.40. The Hall–Kier alpha value is -2.28. The van der Waals surface area contributed by atoms with Gasteiger partial charge in [-0.25, -0.2) is 13.1 Å². The summed E-state index contributed by atoms with van der Waals surface area (Å²) in [6.07, 6.45) is 0. The summed E-state index contributed by atoms with van der Waals surface area (Å²) in [6.45, 7) is 1.91. The SMILES string of the molecule is COc1oc(CNS(=O)(=O)c2ccc(C)cc2)cc1-c1cccc(Cl)c1. The van der Waals surface area contributed by atoms with Gasteiger partial charge in [-0.15, -0.1) is 0 Å². The van der Waals surface area contributed by atoms with Gasteiger partial charge in [0.05, 0.1) is 24.1 Å². The van der Waals surface area contributed by atoms with Crippen LogP contribution >= 0.6 is 11.6 Å². The molecule has 0 saturated carbocycles. The molecule has 7 heteroatoms. The van der Waals surface area contributed by atoms with Crippen molar-refractivity contribution in [2.75, 3.05) is 7.11 Å². The number of aryl methyl sites for hydroxylation is 1. The molecule has 2 aromatic carbocycles. The molecule has 0 aliphatic rings. The zero-order valence-corrected chi connectivity index (χ0v) is 15.9. The van der Waals surface area contributed by atoms with Crippen molar-refractivity contribution in [1.29, 1.82) is 0 Å². The average Bonchev–Trinajstić information content (AvgIpc) is 3.04. The summed E-state index contributed by atoms with van der Waals surface area (Å²) >= 11 is 6.03. The number of sulfonamides is 1. The third-order valence-electron chi connectivity index (χ3n) is 3.84. The van der Waals surface area contributed by atoms with Gasteiger partial charge >= 0.3 is 0 Å². The van der Waals surface area contributed by atoms with Crippen molar-refractivity contribution in [3.05, 3.63) is 70.9 Å². The number of nitrogens with one attached hydrogen (secondary N) is 1. The van der Waals surface area contributed by atoms with Crippen LogP contribution in [-0.4, -0.2) is 15.5 Å². The van der Waals surface area contributed by atoms with E-state index in [1.165, 1.54) is 7.11 Å². The van der Waals surface area contributed by atoms with Gasteiger partial charge in [-0.2, -0.15) is 0 Å². The number of benzene rings is 2. The van der Waals surface area contributed by atoms with Gasteiger partial charge in [-0.3, -0.25) is 0 Å². The van der Waals surface area contributed by atoms with E-state index >= 15 is 0 Å². The molecule has 1 N–H and O–H groups in total. The van der Waals surface area contributed by atoms with Crippen molar-refractivity contribution in [1.82, 2.24) is 4.72 Å². The predicted molar refractivity (Wildman–Crippen MR) is 101 cm³/mol. The van der Waals surface area contributed by atoms with Crippen molar-refractivity contribution >= 4 is 21.6 Å². The summed E-state index contributed by atoms with van der Waals surface area (Å²) in [6, 6.07) is 15.6. The van der Waals surface area contributed by atoms with Crippen LogP contribution in [0.15, 0.2) is 63.9 Å². The van der Waals surface area contributed by atoms with Gasteiger partial charge in [0, 0.05) is 5.02 Å². The molecule has 1 aromatic heterocycles. The average molecular weight is 392 g/mol. The first-order chi connectivity index (χ1) is 12.4. The van der Waals surface area contributed by atoms with Crippen LogP contribution in [0.4, 0.5) is 0 Å². The van der Waals surface area contributed by atoms with Crippen LogP contribution < -0.4 is 9.46 Å². The molecule has 0 aliphatic heterocycles. The number of halogens is 1. The lowest BCUT2D eigenvalue weighted by Crippen LogP contribution is -2.22. The van der Waals surface area contributed by atoms with Crippen LogP contribution in [0.2, 0.25) is 5.02 Å². The van der Waals surface area contributed by atoms with Crippen LogP contribution in [0.1, 0.15) is 11.3 Å². The second kappa shape index (κ2) is 7.53. The Morgan fingerprint density at radius 2 is 1.85 bits per heavy atom. The minimum Gasteiger partial charge on any atom is -0.468 e. The standard InChI is InChI=1S/C19H18ClNO4S/c1-13-6-8-17(9-7-13)26(22,23)21-12-16-11-18(19(24-2)25-16)14-4-3-5-15(20)10-14/h3-11,21H,12H2,1-2H3. The largest absolute Gasteiger partial charge is 0.468 e. The number of ether oxygens (including phenoxy) is 1. The molecule has 0 amide bonds. The van der Waals surface area contributed by atoms with Gasteiger partial charge in [0.2, 0.25) is 10.0 Å². The first kappa shape index (κ1) is 18.5. The molecule has 0 aliphatic carbocycles. The summed E-state index contributed by atoms with van der Waals surface area (Å²) in [4.78, 5) is 0.205. The number of furan rings is 1. The molecule has 5 nitrogen and oxygen atoms in total. The Morgan fingerprint density at radius 3 is 2.50 bits per heavy atom. The number of methoxy groups -OCH3 is 1. The van der Waals surface area contributed by atoms with E-state index in [-0.39, 0.29) is 11.4 Å². The van der Waals surface area contributed by atoms with E-state index < -0.39 is 10.0 Å². The van der Waals surface area contributed by atoms with E-state index in [0.717, 1.165) is 11.1 Å². The highest BCUT2D eigenvalue weighted by molar-refractivity contribution is 7.89. The van der Waals surface area contributed by atoms with Gasteiger partial charge in [0.1, 0.15) is 5.76 Å². The third kappa shape index (κ3) is 4.09. The summed E-state index contributed by atoms with van der Waals surface area (Å²) in [5, 5.41) is 0.590. The molecule has 0 unspecified atom stereocenters. The second-order valence-electron chi connectivity index (χ2n) is 5.77. The molecule has 136 valence electrons. The van der Waals surface area contributed by atoms with Crippen molar-refractivity contribution < 1.29 is 17.6 Å². The van der Waals surface area contributed by atoms with Gasteiger partial charge in [-0.05, 0) is 42.8 Å². The highest BCUT2D eigenvalue weighted by atomic mass is 35.5. The topological polar surface area (TPSA) is 68.5 Å². The molecular formula is C19H18ClNO4S. The second-order valence-corrected chi connectivity index (χ2v) is 7.97. The minimum absolute atomic E-state index is 0.00708. The Kier molecular flexibility index (Phi) is 5.36. The minimum atomic E-state index is -3.63. The molecule has 0 spiro atoms. The van der Waals surface area contributed by atoms with E-state index in [9.17, 15) is 8.42 Å². The van der Waals surface area contributed by atoms with E-state index in [0.29, 0.717) is 22.3 Å². The fraction of sp³-hybridized carbons (Fsp3) is 0.158. The van der Waals surface area contributed by atoms with Crippen molar-refractivity contribution in [2.45, 2.75) is 18.4 Å². The van der Waals surface area contributed by atoms with Crippen LogP contribution in [-0.2, 0) is 16.6 Å². The van der Waals surface area contributed by atoms with Crippen LogP contribution in [0.25, 0.3) is 11.1 Å². The quantitative estimate of drug-likeness (QED) is 0.676. The van der Waals surface area contributed by atoms with Gasteiger partial charge in [-0.1, -0.05) is 41.4 Å². The third-order valence-corrected chi connectivity index (χ3v) is 5.49. The molecule has 3 aromatic rings. The van der Waals surface area contributed by atoms with E-state index in [2.05, 4.69) is 4.72 Å². The molecule has 0 bridgehead atoms. The highest BCUT2D eigenvalue weighted by Crippen LogP contribution is 2.34. The lowest BCUT2D eigenvalue weighted by Gasteiger charge is -2.05. The maximum Gasteiger partial charge on any atom is 0.292 e. The fourth-order valence-electron chi connectivity index (χ4n) is 2.49. The molecule has 1 heterocycles. The lowest BCUT2D eigenvalue weighted by atomic mass is 10.1. The summed E-state index contributed by atoms with van der Waals surface area (Å²) in [7, 11) is -2.14. The van der Waals surface area contributed by atoms with Crippen LogP contribution in [0.3, 0.4) is 0 Å². The lowest BCUT2D eigenvalue weighted by molar-refractivity contribution is 0.295. The Balaban J connectivity index is 1.81.